The molecule has 1 aliphatic heterocycles. The predicted molar refractivity (Wildman–Crippen MR) is 100 cm³/mol. The van der Waals surface area contributed by atoms with E-state index < -0.39 is 0 Å². The number of nitrogens with one attached hydrogen (secondary N) is 1. The quantitative estimate of drug-likeness (QED) is 0.721. The minimum atomic E-state index is 0.0776. The molecule has 2 aromatic rings. The van der Waals surface area contributed by atoms with Crippen LogP contribution in [0.4, 0.5) is 0 Å². The van der Waals surface area contributed by atoms with Crippen molar-refractivity contribution in [1.82, 2.24) is 20.1 Å². The number of hydrogen-bond acceptors (Lipinski definition) is 5. The Bertz CT molecular complexity index is 739. The summed E-state index contributed by atoms with van der Waals surface area (Å²) in [5, 5.41) is 12.6. The van der Waals surface area contributed by atoms with Crippen LogP contribution < -0.4 is 5.32 Å². The number of carbonyl (C=O) groups excluding carboxylic acids is 1. The van der Waals surface area contributed by atoms with Gasteiger partial charge in [-0.1, -0.05) is 42.1 Å². The maximum absolute atomic E-state index is 12.0. The highest BCUT2D eigenvalue weighted by atomic mass is 32.2. The summed E-state index contributed by atoms with van der Waals surface area (Å²) in [6.45, 7) is 1.58. The van der Waals surface area contributed by atoms with Crippen LogP contribution in [0, 0.1) is 0 Å². The van der Waals surface area contributed by atoms with Gasteiger partial charge in [0.2, 0.25) is 5.91 Å². The third-order valence-electron chi connectivity index (χ3n) is 4.68. The molecule has 0 spiro atoms. The molecule has 0 radical (unpaired) electrons. The first-order valence-corrected chi connectivity index (χ1v) is 10.3. The zero-order chi connectivity index (χ0) is 17.8. The van der Waals surface area contributed by atoms with Crippen molar-refractivity contribution in [3.05, 3.63) is 41.7 Å². The number of carbonyl (C=O) groups is 1. The number of amides is 1. The Morgan fingerprint density at radius 2 is 2.08 bits per heavy atom. The van der Waals surface area contributed by atoms with Gasteiger partial charge in [0.25, 0.3) is 0 Å². The summed E-state index contributed by atoms with van der Waals surface area (Å²) in [4.78, 5) is 12.0. The molecule has 1 aromatic carbocycles. The first-order chi connectivity index (χ1) is 12.8. The van der Waals surface area contributed by atoms with E-state index in [2.05, 4.69) is 32.2 Å². The predicted octanol–water partition coefficient (Wildman–Crippen LogP) is 2.42. The first-order valence-electron chi connectivity index (χ1n) is 9.27. The number of hydrogen-bond donors (Lipinski definition) is 1. The average Bonchev–Trinajstić information content (AvgIpc) is 3.16. The van der Waals surface area contributed by atoms with E-state index in [0.29, 0.717) is 11.8 Å². The van der Waals surface area contributed by atoms with Crippen LogP contribution in [0.1, 0.15) is 37.1 Å². The molecule has 2 fully saturated rings. The summed E-state index contributed by atoms with van der Waals surface area (Å²) in [6.07, 6.45) is 5.32. The number of rotatable bonds is 8. The van der Waals surface area contributed by atoms with Gasteiger partial charge in [0.1, 0.15) is 5.82 Å². The average molecular weight is 372 g/mol. The fourth-order valence-corrected chi connectivity index (χ4v) is 3.92. The molecule has 2 aliphatic rings. The highest BCUT2D eigenvalue weighted by Crippen LogP contribution is 2.23. The van der Waals surface area contributed by atoms with Crippen LogP contribution in [0.25, 0.3) is 0 Å². The molecule has 138 valence electrons. The molecule has 1 saturated heterocycles. The van der Waals surface area contributed by atoms with Gasteiger partial charge in [-0.05, 0) is 31.2 Å². The van der Waals surface area contributed by atoms with Crippen LogP contribution in [0.5, 0.6) is 0 Å². The monoisotopic (exact) mass is 372 g/mol. The minimum Gasteiger partial charge on any atom is -0.376 e. The van der Waals surface area contributed by atoms with Crippen LogP contribution in [0.15, 0.2) is 35.5 Å². The lowest BCUT2D eigenvalue weighted by molar-refractivity contribution is -0.118. The molecule has 1 N–H and O–H groups in total. The molecule has 1 saturated carbocycles. The fraction of sp³-hybridized carbons (Fsp3) is 0.526. The number of thioether (sulfide) groups is 1. The summed E-state index contributed by atoms with van der Waals surface area (Å²) in [5.41, 5.74) is 1.21. The summed E-state index contributed by atoms with van der Waals surface area (Å²) in [5.74, 6) is 1.39. The molecule has 1 unspecified atom stereocenters. The maximum atomic E-state index is 12.0. The van der Waals surface area contributed by atoms with Crippen molar-refractivity contribution in [2.24, 2.45) is 0 Å². The Balaban J connectivity index is 1.47. The third-order valence-corrected chi connectivity index (χ3v) is 5.65. The zero-order valence-electron chi connectivity index (χ0n) is 14.8. The van der Waals surface area contributed by atoms with E-state index in [1.807, 2.05) is 18.2 Å². The van der Waals surface area contributed by atoms with E-state index in [1.165, 1.54) is 17.3 Å². The first kappa shape index (κ1) is 17.5. The molecule has 6 nitrogen and oxygen atoms in total. The minimum absolute atomic E-state index is 0.0776. The van der Waals surface area contributed by atoms with Crippen LogP contribution in [0.3, 0.4) is 0 Å². The van der Waals surface area contributed by atoms with Crippen LogP contribution in [-0.4, -0.2) is 45.2 Å². The van der Waals surface area contributed by atoms with Crippen molar-refractivity contribution in [2.45, 2.75) is 56.0 Å². The van der Waals surface area contributed by atoms with Crippen LogP contribution >= 0.6 is 11.8 Å². The number of ether oxygens (including phenoxy) is 1. The molecule has 0 bridgehead atoms. The Morgan fingerprint density at radius 1 is 1.23 bits per heavy atom. The van der Waals surface area contributed by atoms with Crippen molar-refractivity contribution in [1.29, 1.82) is 0 Å². The summed E-state index contributed by atoms with van der Waals surface area (Å²) >= 11 is 1.46. The van der Waals surface area contributed by atoms with Gasteiger partial charge in [-0.2, -0.15) is 0 Å². The van der Waals surface area contributed by atoms with E-state index >= 15 is 0 Å². The van der Waals surface area contributed by atoms with E-state index in [-0.39, 0.29) is 12.0 Å². The van der Waals surface area contributed by atoms with Gasteiger partial charge >= 0.3 is 0 Å². The van der Waals surface area contributed by atoms with Crippen molar-refractivity contribution >= 4 is 17.7 Å². The zero-order valence-corrected chi connectivity index (χ0v) is 15.6. The molecular weight excluding hydrogens is 348 g/mol. The molecule has 1 aromatic heterocycles. The van der Waals surface area contributed by atoms with Crippen molar-refractivity contribution < 1.29 is 9.53 Å². The summed E-state index contributed by atoms with van der Waals surface area (Å²) in [7, 11) is 0. The van der Waals surface area contributed by atoms with Crippen molar-refractivity contribution in [3.63, 3.8) is 0 Å². The molecule has 7 heteroatoms. The van der Waals surface area contributed by atoms with Crippen molar-refractivity contribution in [2.75, 3.05) is 12.4 Å². The second-order valence-electron chi connectivity index (χ2n) is 6.94. The highest BCUT2D eigenvalue weighted by molar-refractivity contribution is 7.99. The van der Waals surface area contributed by atoms with Crippen molar-refractivity contribution in [3.8, 4) is 0 Å². The SMILES string of the molecule is O=C(CSc1nnc(Cc2ccccc2)n1CC1CCCO1)NC1CC1. The number of aromatic nitrogens is 3. The normalized spacial score (nSPS) is 19.6. The lowest BCUT2D eigenvalue weighted by Gasteiger charge is -2.14. The van der Waals surface area contributed by atoms with Crippen LogP contribution in [-0.2, 0) is 22.5 Å². The molecular formula is C19H24N4O2S. The Kier molecular flexibility index (Phi) is 5.55. The molecule has 1 amide bonds. The van der Waals surface area contributed by atoms with Gasteiger partial charge in [0, 0.05) is 19.1 Å². The fourth-order valence-electron chi connectivity index (χ4n) is 3.14. The smallest absolute Gasteiger partial charge is 0.230 e. The van der Waals surface area contributed by atoms with Gasteiger partial charge in [0.05, 0.1) is 18.4 Å². The van der Waals surface area contributed by atoms with Gasteiger partial charge in [-0.15, -0.1) is 10.2 Å². The lowest BCUT2D eigenvalue weighted by atomic mass is 10.1. The Morgan fingerprint density at radius 3 is 2.81 bits per heavy atom. The third kappa shape index (κ3) is 4.65. The molecule has 26 heavy (non-hydrogen) atoms. The summed E-state index contributed by atoms with van der Waals surface area (Å²) < 4.78 is 7.94. The second-order valence-corrected chi connectivity index (χ2v) is 7.88. The van der Waals surface area contributed by atoms with Gasteiger partial charge in [-0.3, -0.25) is 4.79 Å². The largest absolute Gasteiger partial charge is 0.376 e. The number of nitrogens with zero attached hydrogens (tertiary/aromatic N) is 3. The number of benzene rings is 1. The Labute approximate surface area is 157 Å². The highest BCUT2D eigenvalue weighted by Gasteiger charge is 2.24. The van der Waals surface area contributed by atoms with Crippen LogP contribution in [0.2, 0.25) is 0 Å². The van der Waals surface area contributed by atoms with Gasteiger partial charge in [-0.25, -0.2) is 0 Å². The van der Waals surface area contributed by atoms with E-state index in [4.69, 9.17) is 4.74 Å². The topological polar surface area (TPSA) is 69.0 Å². The van der Waals surface area contributed by atoms with Gasteiger partial charge in [0.15, 0.2) is 5.16 Å². The maximum Gasteiger partial charge on any atom is 0.230 e. The molecule has 1 atom stereocenters. The van der Waals surface area contributed by atoms with Gasteiger partial charge < -0.3 is 14.6 Å². The molecule has 1 aliphatic carbocycles. The molecule has 4 rings (SSSR count). The van der Waals surface area contributed by atoms with E-state index in [0.717, 1.165) is 56.2 Å². The summed E-state index contributed by atoms with van der Waals surface area (Å²) in [6, 6.07) is 10.7. The standard InChI is InChI=1S/C19H24N4O2S/c24-18(20-15-8-9-15)13-26-19-22-21-17(11-14-5-2-1-3-6-14)23(19)12-16-7-4-10-25-16/h1-3,5-6,15-16H,4,7-13H2,(H,20,24). The Hall–Kier alpha value is -1.86. The second kappa shape index (κ2) is 8.22. The van der Waals surface area contributed by atoms with E-state index in [1.54, 1.807) is 0 Å². The molecule has 2 heterocycles. The lowest BCUT2D eigenvalue weighted by Crippen LogP contribution is -2.27. The van der Waals surface area contributed by atoms with E-state index in [9.17, 15) is 4.79 Å².